The average Bonchev–Trinajstić information content (AvgIpc) is 2.15. The number of rotatable bonds is 5. The van der Waals surface area contributed by atoms with E-state index in [-0.39, 0.29) is 0 Å². The molecule has 1 rings (SSSR count). The second-order valence-corrected chi connectivity index (χ2v) is 4.02. The van der Waals surface area contributed by atoms with Crippen LogP contribution in [0.3, 0.4) is 0 Å². The number of unbranched alkanes of at least 4 members (excludes halogenated alkanes) is 3. The van der Waals surface area contributed by atoms with Gasteiger partial charge in [0.2, 0.25) is 0 Å². The Balaban J connectivity index is 2.05. The summed E-state index contributed by atoms with van der Waals surface area (Å²) in [6.07, 6.45) is 6.99. The molecule has 1 aliphatic heterocycles. The van der Waals surface area contributed by atoms with E-state index in [0.29, 0.717) is 18.8 Å². The fourth-order valence-electron chi connectivity index (χ4n) is 1.78. The molecule has 0 bridgehead atoms. The van der Waals surface area contributed by atoms with Crippen molar-refractivity contribution >= 4 is 0 Å². The van der Waals surface area contributed by atoms with Gasteiger partial charge in [-0.3, -0.25) is 0 Å². The summed E-state index contributed by atoms with van der Waals surface area (Å²) in [4.78, 5) is 0. The first-order valence-electron chi connectivity index (χ1n) is 5.54. The van der Waals surface area contributed by atoms with E-state index in [1.807, 2.05) is 0 Å². The van der Waals surface area contributed by atoms with Gasteiger partial charge in [0.15, 0.2) is 0 Å². The largest absolute Gasteiger partial charge is 0.355 e. The fraction of sp³-hybridized carbons (Fsp3) is 1.00. The Kier molecular flexibility index (Phi) is 5.40. The molecule has 0 aliphatic carbocycles. The van der Waals surface area contributed by atoms with Crippen molar-refractivity contribution in [1.29, 1.82) is 0 Å². The van der Waals surface area contributed by atoms with Crippen LogP contribution in [0.4, 0.5) is 0 Å². The van der Waals surface area contributed by atoms with Gasteiger partial charge in [0.25, 0.3) is 0 Å². The van der Waals surface area contributed by atoms with Gasteiger partial charge < -0.3 is 9.47 Å². The summed E-state index contributed by atoms with van der Waals surface area (Å²) in [6, 6.07) is 0. The lowest BCUT2D eigenvalue weighted by atomic mass is 9.99. The van der Waals surface area contributed by atoms with E-state index < -0.39 is 0 Å². The summed E-state index contributed by atoms with van der Waals surface area (Å²) in [5.41, 5.74) is 0. The highest BCUT2D eigenvalue weighted by Crippen LogP contribution is 2.19. The zero-order valence-electron chi connectivity index (χ0n) is 8.92. The molecule has 78 valence electrons. The van der Waals surface area contributed by atoms with Crippen molar-refractivity contribution in [2.24, 2.45) is 5.92 Å². The van der Waals surface area contributed by atoms with Gasteiger partial charge in [-0.25, -0.2) is 0 Å². The van der Waals surface area contributed by atoms with E-state index >= 15 is 0 Å². The Morgan fingerprint density at radius 3 is 2.77 bits per heavy atom. The lowest BCUT2D eigenvalue weighted by Crippen LogP contribution is -2.32. The molecule has 2 heteroatoms. The van der Waals surface area contributed by atoms with Gasteiger partial charge in [0, 0.05) is 5.92 Å². The average molecular weight is 186 g/mol. The van der Waals surface area contributed by atoms with E-state index in [1.165, 1.54) is 32.1 Å². The Hall–Kier alpha value is -0.0800. The molecule has 13 heavy (non-hydrogen) atoms. The number of hydrogen-bond donors (Lipinski definition) is 0. The molecule has 0 radical (unpaired) electrons. The molecule has 0 aromatic rings. The van der Waals surface area contributed by atoms with Gasteiger partial charge in [0.05, 0.1) is 12.7 Å². The van der Waals surface area contributed by atoms with Gasteiger partial charge in [0.1, 0.15) is 6.79 Å². The summed E-state index contributed by atoms with van der Waals surface area (Å²) in [5.74, 6) is 0.579. The third kappa shape index (κ3) is 4.10. The molecule has 0 aromatic carbocycles. The van der Waals surface area contributed by atoms with Crippen molar-refractivity contribution in [3.8, 4) is 0 Å². The van der Waals surface area contributed by atoms with Gasteiger partial charge in [-0.15, -0.1) is 0 Å². The van der Waals surface area contributed by atoms with Crippen molar-refractivity contribution in [2.75, 3.05) is 13.4 Å². The summed E-state index contributed by atoms with van der Waals surface area (Å²) < 4.78 is 10.8. The molecule has 1 saturated heterocycles. The Bertz CT molecular complexity index is 125. The van der Waals surface area contributed by atoms with Crippen molar-refractivity contribution in [1.82, 2.24) is 0 Å². The van der Waals surface area contributed by atoms with Gasteiger partial charge in [-0.2, -0.15) is 0 Å². The molecule has 0 N–H and O–H groups in total. The van der Waals surface area contributed by atoms with Crippen LogP contribution in [0, 0.1) is 5.92 Å². The lowest BCUT2D eigenvalue weighted by Gasteiger charge is -2.29. The van der Waals surface area contributed by atoms with Crippen molar-refractivity contribution in [3.05, 3.63) is 0 Å². The van der Waals surface area contributed by atoms with E-state index in [2.05, 4.69) is 13.8 Å². The smallest absolute Gasteiger partial charge is 0.147 e. The minimum atomic E-state index is 0.450. The number of hydrogen-bond acceptors (Lipinski definition) is 2. The Labute approximate surface area is 81.6 Å². The molecule has 2 atom stereocenters. The summed E-state index contributed by atoms with van der Waals surface area (Å²) >= 11 is 0. The van der Waals surface area contributed by atoms with Gasteiger partial charge in [-0.05, 0) is 6.42 Å². The molecule has 0 spiro atoms. The van der Waals surface area contributed by atoms with Crippen molar-refractivity contribution < 1.29 is 9.47 Å². The van der Waals surface area contributed by atoms with Crippen LogP contribution in [0.2, 0.25) is 0 Å². The van der Waals surface area contributed by atoms with Crippen molar-refractivity contribution in [2.45, 2.75) is 52.1 Å². The topological polar surface area (TPSA) is 18.5 Å². The molecule has 2 nitrogen and oxygen atoms in total. The lowest BCUT2D eigenvalue weighted by molar-refractivity contribution is -0.167. The third-order valence-corrected chi connectivity index (χ3v) is 2.72. The maximum Gasteiger partial charge on any atom is 0.147 e. The van der Waals surface area contributed by atoms with Crippen LogP contribution < -0.4 is 0 Å². The molecule has 1 aliphatic rings. The highest BCUT2D eigenvalue weighted by molar-refractivity contribution is 4.68. The predicted molar refractivity (Wildman–Crippen MR) is 53.6 cm³/mol. The minimum absolute atomic E-state index is 0.450. The Morgan fingerprint density at radius 2 is 2.08 bits per heavy atom. The molecule has 0 saturated carbocycles. The highest BCUT2D eigenvalue weighted by atomic mass is 16.7. The molecule has 1 fully saturated rings. The first-order valence-corrected chi connectivity index (χ1v) is 5.54. The fourth-order valence-corrected chi connectivity index (χ4v) is 1.78. The van der Waals surface area contributed by atoms with Gasteiger partial charge in [-0.1, -0.05) is 39.5 Å². The first kappa shape index (κ1) is 11.0. The van der Waals surface area contributed by atoms with Crippen LogP contribution in [-0.4, -0.2) is 19.5 Å². The quantitative estimate of drug-likeness (QED) is 0.614. The normalized spacial score (nSPS) is 29.1. The van der Waals surface area contributed by atoms with E-state index in [9.17, 15) is 0 Å². The summed E-state index contributed by atoms with van der Waals surface area (Å²) in [5, 5.41) is 0. The summed E-state index contributed by atoms with van der Waals surface area (Å²) in [7, 11) is 0. The monoisotopic (exact) mass is 186 g/mol. The molecular weight excluding hydrogens is 164 g/mol. The zero-order valence-corrected chi connectivity index (χ0v) is 8.92. The van der Waals surface area contributed by atoms with E-state index in [1.54, 1.807) is 0 Å². The maximum atomic E-state index is 5.55. The maximum absolute atomic E-state index is 5.55. The zero-order chi connectivity index (χ0) is 9.52. The first-order chi connectivity index (χ1) is 6.34. The predicted octanol–water partition coefficient (Wildman–Crippen LogP) is 2.97. The second-order valence-electron chi connectivity index (χ2n) is 4.02. The Morgan fingerprint density at radius 1 is 1.23 bits per heavy atom. The molecule has 1 heterocycles. The SMILES string of the molecule is CCCCCCC1OCOCC1C. The minimum Gasteiger partial charge on any atom is -0.355 e. The second kappa shape index (κ2) is 6.39. The highest BCUT2D eigenvalue weighted by Gasteiger charge is 2.21. The molecular formula is C11H22O2. The van der Waals surface area contributed by atoms with Gasteiger partial charge >= 0.3 is 0 Å². The van der Waals surface area contributed by atoms with Crippen LogP contribution in [-0.2, 0) is 9.47 Å². The molecule has 2 unspecified atom stereocenters. The number of ether oxygens (including phenoxy) is 2. The van der Waals surface area contributed by atoms with Crippen LogP contribution in [0.1, 0.15) is 46.0 Å². The molecule has 0 amide bonds. The van der Waals surface area contributed by atoms with Crippen LogP contribution in [0.5, 0.6) is 0 Å². The van der Waals surface area contributed by atoms with E-state index in [4.69, 9.17) is 9.47 Å². The van der Waals surface area contributed by atoms with Crippen LogP contribution >= 0.6 is 0 Å². The van der Waals surface area contributed by atoms with E-state index in [0.717, 1.165) is 6.61 Å². The van der Waals surface area contributed by atoms with Crippen LogP contribution in [0.25, 0.3) is 0 Å². The standard InChI is InChI=1S/C11H22O2/c1-3-4-5-6-7-11-10(2)8-12-9-13-11/h10-11H,3-9H2,1-2H3. The van der Waals surface area contributed by atoms with Crippen LogP contribution in [0.15, 0.2) is 0 Å². The van der Waals surface area contributed by atoms with Crippen molar-refractivity contribution in [3.63, 3.8) is 0 Å². The summed E-state index contributed by atoms with van der Waals surface area (Å²) in [6.45, 7) is 5.83. The molecule has 0 aromatic heterocycles. The third-order valence-electron chi connectivity index (χ3n) is 2.72.